The number of ether oxygens (including phenoxy) is 1. The van der Waals surface area contributed by atoms with E-state index in [1.807, 2.05) is 0 Å². The quantitative estimate of drug-likeness (QED) is 0.0321. The molecule has 0 aliphatic heterocycles. The number of aliphatic hydroxyl groups is 2. The number of hydrogen-bond acceptors (Lipinski definition) is 5. The molecule has 0 rings (SSSR count). The van der Waals surface area contributed by atoms with E-state index < -0.39 is 12.1 Å². The fraction of sp³-hybridized carbons (Fsp3) is 0.906. The minimum Gasteiger partial charge on any atom is -0.466 e. The first-order valence-corrected chi connectivity index (χ1v) is 31.6. The third kappa shape index (κ3) is 55.7. The third-order valence-electron chi connectivity index (χ3n) is 14.8. The molecule has 0 aromatic carbocycles. The zero-order valence-corrected chi connectivity index (χ0v) is 47.3. The molecule has 0 radical (unpaired) electrons. The van der Waals surface area contributed by atoms with E-state index >= 15 is 0 Å². The Balaban J connectivity index is 3.31. The number of nitrogens with one attached hydrogen (secondary N) is 1. The first-order chi connectivity index (χ1) is 34.5. The standard InChI is InChI=1S/C64H123NO5/c1-3-5-7-9-11-13-14-15-16-17-29-32-35-38-42-46-50-54-58-64(69)70-59-55-51-47-43-39-36-33-30-27-25-23-21-19-18-20-22-24-26-28-31-34-37-41-45-49-53-57-63(68)65-61(60-66)62(67)56-52-48-44-40-12-10-8-6-4-2/h13-14,16-17,61-62,66-67H,3-12,15,18-60H2,1-2H3,(H,65,68)/b14-13-,17-16-. The molecule has 0 aromatic heterocycles. The van der Waals surface area contributed by atoms with Crippen LogP contribution in [0.2, 0.25) is 0 Å². The van der Waals surface area contributed by atoms with Crippen molar-refractivity contribution in [2.24, 2.45) is 0 Å². The summed E-state index contributed by atoms with van der Waals surface area (Å²) in [7, 11) is 0. The molecular weight excluding hydrogens is 863 g/mol. The van der Waals surface area contributed by atoms with E-state index in [2.05, 4.69) is 43.5 Å². The second-order valence-electron chi connectivity index (χ2n) is 21.7. The molecule has 0 saturated carbocycles. The summed E-state index contributed by atoms with van der Waals surface area (Å²) in [5.41, 5.74) is 0. The van der Waals surface area contributed by atoms with Gasteiger partial charge in [-0.1, -0.05) is 301 Å². The number of unbranched alkanes of at least 4 members (excludes halogenated alkanes) is 44. The Labute approximate surface area is 437 Å². The summed E-state index contributed by atoms with van der Waals surface area (Å²) in [5.74, 6) is -0.0239. The number of rotatable bonds is 59. The molecule has 0 heterocycles. The lowest BCUT2D eigenvalue weighted by molar-refractivity contribution is -0.143. The monoisotopic (exact) mass is 986 g/mol. The lowest BCUT2D eigenvalue weighted by Crippen LogP contribution is -2.45. The topological polar surface area (TPSA) is 95.9 Å². The minimum absolute atomic E-state index is 0.0101. The highest BCUT2D eigenvalue weighted by Crippen LogP contribution is 2.18. The van der Waals surface area contributed by atoms with Gasteiger partial charge in [-0.3, -0.25) is 9.59 Å². The molecule has 0 saturated heterocycles. The van der Waals surface area contributed by atoms with Crippen molar-refractivity contribution in [3.63, 3.8) is 0 Å². The largest absolute Gasteiger partial charge is 0.466 e. The van der Waals surface area contributed by atoms with E-state index in [-0.39, 0.29) is 18.5 Å². The summed E-state index contributed by atoms with van der Waals surface area (Å²) >= 11 is 0. The van der Waals surface area contributed by atoms with Crippen molar-refractivity contribution in [2.45, 2.75) is 360 Å². The van der Waals surface area contributed by atoms with Crippen molar-refractivity contribution in [3.8, 4) is 0 Å². The van der Waals surface area contributed by atoms with Crippen LogP contribution >= 0.6 is 0 Å². The van der Waals surface area contributed by atoms with Gasteiger partial charge in [0.25, 0.3) is 0 Å². The van der Waals surface area contributed by atoms with E-state index in [1.54, 1.807) is 0 Å². The highest BCUT2D eigenvalue weighted by molar-refractivity contribution is 5.76. The molecule has 2 atom stereocenters. The van der Waals surface area contributed by atoms with Gasteiger partial charge in [-0.15, -0.1) is 0 Å². The maximum atomic E-state index is 12.4. The molecule has 0 aromatic rings. The van der Waals surface area contributed by atoms with Crippen LogP contribution in [0.15, 0.2) is 24.3 Å². The van der Waals surface area contributed by atoms with Gasteiger partial charge in [-0.05, 0) is 57.8 Å². The normalized spacial score (nSPS) is 12.7. The zero-order chi connectivity index (χ0) is 50.7. The fourth-order valence-electron chi connectivity index (χ4n) is 9.91. The van der Waals surface area contributed by atoms with E-state index in [0.717, 1.165) is 51.4 Å². The van der Waals surface area contributed by atoms with Crippen molar-refractivity contribution in [1.29, 1.82) is 0 Å². The summed E-state index contributed by atoms with van der Waals surface area (Å²) in [6.45, 7) is 4.93. The maximum absolute atomic E-state index is 12.4. The van der Waals surface area contributed by atoms with Crippen LogP contribution < -0.4 is 5.32 Å². The summed E-state index contributed by atoms with van der Waals surface area (Å²) < 4.78 is 5.50. The number of amides is 1. The van der Waals surface area contributed by atoms with E-state index in [9.17, 15) is 19.8 Å². The number of esters is 1. The van der Waals surface area contributed by atoms with Crippen LogP contribution in [0.25, 0.3) is 0 Å². The Hall–Kier alpha value is -1.66. The predicted octanol–water partition coefficient (Wildman–Crippen LogP) is 19.8. The molecule has 414 valence electrons. The lowest BCUT2D eigenvalue weighted by atomic mass is 10.0. The first kappa shape index (κ1) is 68.3. The van der Waals surface area contributed by atoms with Gasteiger partial charge >= 0.3 is 5.97 Å². The summed E-state index contributed by atoms with van der Waals surface area (Å²) in [6.07, 6.45) is 73.5. The van der Waals surface area contributed by atoms with Gasteiger partial charge in [-0.2, -0.15) is 0 Å². The summed E-state index contributed by atoms with van der Waals surface area (Å²) in [5, 5.41) is 23.1. The molecule has 0 aliphatic carbocycles. The van der Waals surface area contributed by atoms with Crippen LogP contribution in [0.1, 0.15) is 348 Å². The number of carbonyl (C=O) groups is 2. The van der Waals surface area contributed by atoms with Gasteiger partial charge in [0.05, 0.1) is 25.4 Å². The first-order valence-electron chi connectivity index (χ1n) is 31.6. The molecular formula is C64H123NO5. The number of hydrogen-bond donors (Lipinski definition) is 3. The Kier molecular flexibility index (Phi) is 58.5. The van der Waals surface area contributed by atoms with Crippen molar-refractivity contribution in [1.82, 2.24) is 5.32 Å². The average molecular weight is 987 g/mol. The van der Waals surface area contributed by atoms with Gasteiger partial charge in [0.1, 0.15) is 0 Å². The third-order valence-corrected chi connectivity index (χ3v) is 14.8. The maximum Gasteiger partial charge on any atom is 0.305 e. The van der Waals surface area contributed by atoms with Crippen molar-refractivity contribution in [2.75, 3.05) is 13.2 Å². The Morgan fingerprint density at radius 1 is 0.400 bits per heavy atom. The SMILES string of the molecule is CCCCCC/C=C\C/C=C\CCCCCCCCCC(=O)OCCCCCCCCCCCCCCCCCCCCCCCCCCCCC(=O)NC(CO)C(O)CCCCCCCCCCC. The van der Waals surface area contributed by atoms with E-state index in [1.165, 1.54) is 263 Å². The van der Waals surface area contributed by atoms with Crippen LogP contribution in [-0.4, -0.2) is 47.4 Å². The molecule has 6 nitrogen and oxygen atoms in total. The van der Waals surface area contributed by atoms with Crippen LogP contribution in [-0.2, 0) is 14.3 Å². The van der Waals surface area contributed by atoms with Crippen LogP contribution in [0.5, 0.6) is 0 Å². The molecule has 6 heteroatoms. The van der Waals surface area contributed by atoms with Gasteiger partial charge in [0.15, 0.2) is 0 Å². The summed E-state index contributed by atoms with van der Waals surface area (Å²) in [6, 6.07) is -0.537. The Morgan fingerprint density at radius 2 is 0.714 bits per heavy atom. The Bertz CT molecular complexity index is 1090. The smallest absolute Gasteiger partial charge is 0.305 e. The highest BCUT2D eigenvalue weighted by atomic mass is 16.5. The molecule has 0 aliphatic rings. The van der Waals surface area contributed by atoms with Gasteiger partial charge in [-0.25, -0.2) is 0 Å². The Morgan fingerprint density at radius 3 is 1.10 bits per heavy atom. The molecule has 70 heavy (non-hydrogen) atoms. The molecule has 3 N–H and O–H groups in total. The van der Waals surface area contributed by atoms with Crippen LogP contribution in [0.3, 0.4) is 0 Å². The number of allylic oxidation sites excluding steroid dienone is 4. The van der Waals surface area contributed by atoms with E-state index in [4.69, 9.17) is 4.74 Å². The molecule has 0 bridgehead atoms. The van der Waals surface area contributed by atoms with Crippen molar-refractivity contribution >= 4 is 11.9 Å². The summed E-state index contributed by atoms with van der Waals surface area (Å²) in [4.78, 5) is 24.5. The van der Waals surface area contributed by atoms with Gasteiger partial charge in [0, 0.05) is 12.8 Å². The highest BCUT2D eigenvalue weighted by Gasteiger charge is 2.20. The molecule has 2 unspecified atom stereocenters. The average Bonchev–Trinajstić information content (AvgIpc) is 3.36. The van der Waals surface area contributed by atoms with E-state index in [0.29, 0.717) is 25.9 Å². The molecule has 0 fully saturated rings. The molecule has 1 amide bonds. The van der Waals surface area contributed by atoms with Crippen molar-refractivity contribution in [3.05, 3.63) is 24.3 Å². The van der Waals surface area contributed by atoms with Gasteiger partial charge in [0.2, 0.25) is 5.91 Å². The lowest BCUT2D eigenvalue weighted by Gasteiger charge is -2.22. The molecule has 0 spiro atoms. The van der Waals surface area contributed by atoms with Crippen molar-refractivity contribution < 1.29 is 24.5 Å². The fourth-order valence-corrected chi connectivity index (χ4v) is 9.91. The van der Waals surface area contributed by atoms with Gasteiger partial charge < -0.3 is 20.3 Å². The number of aliphatic hydroxyl groups excluding tert-OH is 2. The minimum atomic E-state index is -0.660. The predicted molar refractivity (Wildman–Crippen MR) is 306 cm³/mol. The second kappa shape index (κ2) is 59.9. The van der Waals surface area contributed by atoms with Crippen LogP contribution in [0.4, 0.5) is 0 Å². The number of carbonyl (C=O) groups excluding carboxylic acids is 2. The zero-order valence-electron chi connectivity index (χ0n) is 47.3. The second-order valence-corrected chi connectivity index (χ2v) is 21.7. The van der Waals surface area contributed by atoms with Crippen LogP contribution in [0, 0.1) is 0 Å².